The highest BCUT2D eigenvalue weighted by molar-refractivity contribution is 6.03. The highest BCUT2D eigenvalue weighted by atomic mass is 16.1. The molecule has 1 amide bonds. The molecule has 3 rings (SSSR count). The van der Waals surface area contributed by atoms with Crippen LogP contribution in [0, 0.1) is 0 Å². The van der Waals surface area contributed by atoms with Crippen LogP contribution in [-0.2, 0) is 6.54 Å². The maximum Gasteiger partial charge on any atom is 0.256 e. The predicted octanol–water partition coefficient (Wildman–Crippen LogP) is 2.43. The second-order valence-electron chi connectivity index (χ2n) is 5.17. The van der Waals surface area contributed by atoms with Gasteiger partial charge in [-0.1, -0.05) is 18.2 Å². The van der Waals surface area contributed by atoms with Crippen LogP contribution < -0.4 is 10.6 Å². The maximum absolute atomic E-state index is 12.1. The van der Waals surface area contributed by atoms with Gasteiger partial charge in [0, 0.05) is 37.2 Å². The van der Waals surface area contributed by atoms with Gasteiger partial charge in [0.25, 0.3) is 5.91 Å². The fourth-order valence-electron chi connectivity index (χ4n) is 2.17. The Bertz CT molecular complexity index is 773. The van der Waals surface area contributed by atoms with Crippen LogP contribution in [0.15, 0.2) is 61.3 Å². The van der Waals surface area contributed by atoms with E-state index in [-0.39, 0.29) is 5.91 Å². The molecule has 0 spiro atoms. The molecular weight excluding hydrogens is 304 g/mol. The summed E-state index contributed by atoms with van der Waals surface area (Å²) in [5.41, 5.74) is 0.589. The normalized spacial score (nSPS) is 10.3. The minimum absolute atomic E-state index is 0.194. The van der Waals surface area contributed by atoms with Gasteiger partial charge in [0.2, 0.25) is 5.95 Å². The number of aromatic nitrogens is 4. The Hall–Kier alpha value is -3.22. The number of anilines is 2. The number of amides is 1. The maximum atomic E-state index is 12.1. The van der Waals surface area contributed by atoms with Crippen molar-refractivity contribution in [1.29, 1.82) is 0 Å². The third kappa shape index (κ3) is 4.39. The fourth-order valence-corrected chi connectivity index (χ4v) is 2.17. The van der Waals surface area contributed by atoms with E-state index in [0.717, 1.165) is 19.5 Å². The van der Waals surface area contributed by atoms with Gasteiger partial charge >= 0.3 is 0 Å². The molecule has 0 aliphatic rings. The minimum Gasteiger partial charge on any atom is -0.354 e. The number of benzene rings is 1. The molecule has 0 atom stereocenters. The summed E-state index contributed by atoms with van der Waals surface area (Å²) in [6, 6.07) is 10.7. The zero-order chi connectivity index (χ0) is 16.6. The Kier molecular flexibility index (Phi) is 5.14. The number of hydrogen-bond acceptors (Lipinski definition) is 5. The van der Waals surface area contributed by atoms with E-state index in [1.807, 2.05) is 29.0 Å². The smallest absolute Gasteiger partial charge is 0.256 e. The Labute approximate surface area is 139 Å². The minimum atomic E-state index is -0.194. The lowest BCUT2D eigenvalue weighted by molar-refractivity contribution is 0.102. The first-order chi connectivity index (χ1) is 11.8. The number of imidazole rings is 1. The molecule has 7 nitrogen and oxygen atoms in total. The summed E-state index contributed by atoms with van der Waals surface area (Å²) in [6.45, 7) is 1.60. The van der Waals surface area contributed by atoms with E-state index >= 15 is 0 Å². The van der Waals surface area contributed by atoms with Crippen molar-refractivity contribution in [1.82, 2.24) is 19.5 Å². The van der Waals surface area contributed by atoms with Crippen molar-refractivity contribution in [3.8, 4) is 0 Å². The van der Waals surface area contributed by atoms with Crippen molar-refractivity contribution < 1.29 is 4.79 Å². The van der Waals surface area contributed by atoms with E-state index in [2.05, 4.69) is 25.6 Å². The first-order valence-corrected chi connectivity index (χ1v) is 7.70. The molecule has 0 fully saturated rings. The molecule has 0 radical (unpaired) electrons. The van der Waals surface area contributed by atoms with Gasteiger partial charge in [-0.2, -0.15) is 4.98 Å². The number of carbonyl (C=O) groups is 1. The Balaban J connectivity index is 1.51. The van der Waals surface area contributed by atoms with Crippen LogP contribution in [0.3, 0.4) is 0 Å². The molecule has 122 valence electrons. The number of rotatable bonds is 7. The van der Waals surface area contributed by atoms with Gasteiger partial charge in [-0.3, -0.25) is 4.79 Å². The van der Waals surface area contributed by atoms with Crippen LogP contribution in [0.2, 0.25) is 0 Å². The van der Waals surface area contributed by atoms with Crippen LogP contribution in [0.1, 0.15) is 16.8 Å². The molecule has 7 heteroatoms. The molecule has 0 aliphatic heterocycles. The van der Waals surface area contributed by atoms with Gasteiger partial charge in [-0.15, -0.1) is 0 Å². The van der Waals surface area contributed by atoms with Gasteiger partial charge in [0.15, 0.2) is 0 Å². The van der Waals surface area contributed by atoms with Gasteiger partial charge in [-0.05, 0) is 24.6 Å². The predicted molar refractivity (Wildman–Crippen MR) is 91.8 cm³/mol. The van der Waals surface area contributed by atoms with Crippen molar-refractivity contribution >= 4 is 17.7 Å². The highest BCUT2D eigenvalue weighted by Crippen LogP contribution is 2.08. The van der Waals surface area contributed by atoms with Gasteiger partial charge < -0.3 is 15.2 Å². The van der Waals surface area contributed by atoms with Crippen molar-refractivity contribution in [2.75, 3.05) is 17.2 Å². The monoisotopic (exact) mass is 322 g/mol. The van der Waals surface area contributed by atoms with E-state index < -0.39 is 0 Å². The average Bonchev–Trinajstić information content (AvgIpc) is 3.13. The van der Waals surface area contributed by atoms with E-state index in [1.54, 1.807) is 36.9 Å². The van der Waals surface area contributed by atoms with Crippen LogP contribution in [0.5, 0.6) is 0 Å². The molecule has 2 heterocycles. The summed E-state index contributed by atoms with van der Waals surface area (Å²) in [5.74, 6) is 0.766. The molecule has 0 bridgehead atoms. The molecule has 3 aromatic rings. The summed E-state index contributed by atoms with van der Waals surface area (Å²) in [4.78, 5) is 24.6. The van der Waals surface area contributed by atoms with Gasteiger partial charge in [0.1, 0.15) is 5.82 Å². The molecule has 0 saturated carbocycles. The van der Waals surface area contributed by atoms with Crippen molar-refractivity contribution in [3.05, 3.63) is 66.9 Å². The summed E-state index contributed by atoms with van der Waals surface area (Å²) < 4.78 is 2.01. The molecule has 0 saturated heterocycles. The third-order valence-electron chi connectivity index (χ3n) is 3.37. The van der Waals surface area contributed by atoms with E-state index in [4.69, 9.17) is 0 Å². The quantitative estimate of drug-likeness (QED) is 0.653. The SMILES string of the molecule is O=C(Nc1ccnc(NCCCn2ccnc2)n1)c1ccccc1. The van der Waals surface area contributed by atoms with E-state index in [0.29, 0.717) is 17.3 Å². The van der Waals surface area contributed by atoms with E-state index in [1.165, 1.54) is 0 Å². The van der Waals surface area contributed by atoms with Gasteiger partial charge in [-0.25, -0.2) is 9.97 Å². The van der Waals surface area contributed by atoms with Crippen molar-refractivity contribution in [2.24, 2.45) is 0 Å². The molecule has 1 aromatic carbocycles. The Morgan fingerprint density at radius 1 is 1.12 bits per heavy atom. The Morgan fingerprint density at radius 3 is 2.79 bits per heavy atom. The zero-order valence-corrected chi connectivity index (χ0v) is 13.1. The van der Waals surface area contributed by atoms with Crippen molar-refractivity contribution in [2.45, 2.75) is 13.0 Å². The molecule has 0 aliphatic carbocycles. The summed E-state index contributed by atoms with van der Waals surface area (Å²) in [7, 11) is 0. The molecular formula is C17H18N6O. The summed E-state index contributed by atoms with van der Waals surface area (Å²) >= 11 is 0. The lowest BCUT2D eigenvalue weighted by atomic mass is 10.2. The number of hydrogen-bond donors (Lipinski definition) is 2. The van der Waals surface area contributed by atoms with Crippen LogP contribution in [0.4, 0.5) is 11.8 Å². The zero-order valence-electron chi connectivity index (χ0n) is 13.1. The van der Waals surface area contributed by atoms with E-state index in [9.17, 15) is 4.79 Å². The number of nitrogens with zero attached hydrogens (tertiary/aromatic N) is 4. The second-order valence-corrected chi connectivity index (χ2v) is 5.17. The topological polar surface area (TPSA) is 84.7 Å². The lowest BCUT2D eigenvalue weighted by Gasteiger charge is -2.08. The summed E-state index contributed by atoms with van der Waals surface area (Å²) in [5, 5.41) is 5.92. The fraction of sp³-hybridized carbons (Fsp3) is 0.176. The average molecular weight is 322 g/mol. The highest BCUT2D eigenvalue weighted by Gasteiger charge is 2.06. The third-order valence-corrected chi connectivity index (χ3v) is 3.37. The van der Waals surface area contributed by atoms with Crippen LogP contribution >= 0.6 is 0 Å². The molecule has 2 N–H and O–H groups in total. The van der Waals surface area contributed by atoms with Gasteiger partial charge in [0.05, 0.1) is 6.33 Å². The number of carbonyl (C=O) groups excluding carboxylic acids is 1. The Morgan fingerprint density at radius 2 is 2.00 bits per heavy atom. The first kappa shape index (κ1) is 15.7. The molecule has 2 aromatic heterocycles. The molecule has 24 heavy (non-hydrogen) atoms. The van der Waals surface area contributed by atoms with Crippen LogP contribution in [0.25, 0.3) is 0 Å². The standard InChI is InChI=1S/C17H18N6O/c24-16(14-5-2-1-3-6-14)21-15-7-9-20-17(22-15)19-8-4-11-23-12-10-18-13-23/h1-3,5-7,9-10,12-13H,4,8,11H2,(H2,19,20,21,22,24). The first-order valence-electron chi connectivity index (χ1n) is 7.70. The number of aryl methyl sites for hydroxylation is 1. The number of nitrogens with one attached hydrogen (secondary N) is 2. The molecule has 0 unspecified atom stereocenters. The lowest BCUT2D eigenvalue weighted by Crippen LogP contribution is -2.14. The second kappa shape index (κ2) is 7.87. The summed E-state index contributed by atoms with van der Waals surface area (Å²) in [6.07, 6.45) is 8.01. The van der Waals surface area contributed by atoms with Crippen molar-refractivity contribution in [3.63, 3.8) is 0 Å². The van der Waals surface area contributed by atoms with Crippen LogP contribution in [-0.4, -0.2) is 32.0 Å². The largest absolute Gasteiger partial charge is 0.354 e.